The molecule has 0 spiro atoms. The van der Waals surface area contributed by atoms with Gasteiger partial charge in [0.15, 0.2) is 0 Å². The highest BCUT2D eigenvalue weighted by atomic mass is 14.9. The van der Waals surface area contributed by atoms with Crippen LogP contribution >= 0.6 is 0 Å². The molecule has 2 aliphatic rings. The molecule has 1 aliphatic carbocycles. The summed E-state index contributed by atoms with van der Waals surface area (Å²) in [5.74, 6) is 3.82. The van der Waals surface area contributed by atoms with Gasteiger partial charge in [0.05, 0.1) is 0 Å². The highest BCUT2D eigenvalue weighted by Gasteiger charge is 2.34. The SMILES string of the molecule is [C]c1cc2c(cc1C#C)C1CNCC2C1. The van der Waals surface area contributed by atoms with Crippen LogP contribution < -0.4 is 5.32 Å². The highest BCUT2D eigenvalue weighted by molar-refractivity contribution is 5.52. The average Bonchev–Trinajstić information content (AvgIpc) is 2.50. The average molecular weight is 194 g/mol. The number of hydrogen-bond acceptors (Lipinski definition) is 1. The molecule has 3 rings (SSSR count). The van der Waals surface area contributed by atoms with Gasteiger partial charge in [0, 0.05) is 25.6 Å². The fourth-order valence-corrected chi connectivity index (χ4v) is 2.88. The fourth-order valence-electron chi connectivity index (χ4n) is 2.88. The van der Waals surface area contributed by atoms with Crippen molar-refractivity contribution in [1.29, 1.82) is 0 Å². The van der Waals surface area contributed by atoms with Crippen molar-refractivity contribution < 1.29 is 0 Å². The Labute approximate surface area is 90.9 Å². The standard InChI is InChI=1S/C14H12N/c1-3-10-6-14-12-5-11(7-15-8-12)13(14)4-9(10)2/h1,4,6,11-12,15H,5,7-8H2. The van der Waals surface area contributed by atoms with Crippen molar-refractivity contribution in [2.75, 3.05) is 13.1 Å². The molecule has 1 saturated heterocycles. The number of hydrogen-bond donors (Lipinski definition) is 1. The summed E-state index contributed by atoms with van der Waals surface area (Å²) in [4.78, 5) is 0. The van der Waals surface area contributed by atoms with E-state index in [0.29, 0.717) is 17.4 Å². The van der Waals surface area contributed by atoms with Crippen LogP contribution in [0.5, 0.6) is 0 Å². The van der Waals surface area contributed by atoms with Crippen molar-refractivity contribution in [3.63, 3.8) is 0 Å². The summed E-state index contributed by atoms with van der Waals surface area (Å²) in [6.07, 6.45) is 6.63. The van der Waals surface area contributed by atoms with E-state index in [1.165, 1.54) is 17.5 Å². The minimum Gasteiger partial charge on any atom is -0.316 e. The number of terminal acetylenes is 1. The second-order valence-corrected chi connectivity index (χ2v) is 4.46. The lowest BCUT2D eigenvalue weighted by molar-refractivity contribution is 0.454. The number of fused-ring (bicyclic) bond motifs is 5. The van der Waals surface area contributed by atoms with Crippen molar-refractivity contribution in [3.8, 4) is 12.3 Å². The van der Waals surface area contributed by atoms with E-state index in [2.05, 4.69) is 17.3 Å². The first-order valence-corrected chi connectivity index (χ1v) is 5.36. The van der Waals surface area contributed by atoms with Crippen molar-refractivity contribution in [2.45, 2.75) is 18.3 Å². The molecule has 73 valence electrons. The molecule has 1 aromatic rings. The van der Waals surface area contributed by atoms with Gasteiger partial charge in [-0.2, -0.15) is 0 Å². The smallest absolute Gasteiger partial charge is 0.0313 e. The van der Waals surface area contributed by atoms with Gasteiger partial charge in [-0.1, -0.05) is 12.0 Å². The van der Waals surface area contributed by atoms with Crippen LogP contribution in [0.15, 0.2) is 12.1 Å². The quantitative estimate of drug-likeness (QED) is 0.621. The van der Waals surface area contributed by atoms with Gasteiger partial charge in [-0.05, 0) is 41.0 Å². The number of rotatable bonds is 0. The topological polar surface area (TPSA) is 12.0 Å². The molecule has 0 saturated carbocycles. The second-order valence-electron chi connectivity index (χ2n) is 4.46. The molecule has 0 aromatic heterocycles. The fraction of sp³-hybridized carbons (Fsp3) is 0.357. The largest absolute Gasteiger partial charge is 0.316 e. The van der Waals surface area contributed by atoms with Crippen LogP contribution in [-0.2, 0) is 0 Å². The number of benzene rings is 1. The van der Waals surface area contributed by atoms with Crippen LogP contribution in [0.2, 0.25) is 0 Å². The van der Waals surface area contributed by atoms with Crippen molar-refractivity contribution in [3.05, 3.63) is 41.3 Å². The maximum absolute atomic E-state index is 7.83. The van der Waals surface area contributed by atoms with E-state index in [0.717, 1.165) is 18.7 Å². The molecule has 1 heterocycles. The molecular formula is C14H12N. The maximum atomic E-state index is 7.83. The van der Waals surface area contributed by atoms with E-state index >= 15 is 0 Å². The Kier molecular flexibility index (Phi) is 1.87. The molecule has 2 atom stereocenters. The Bertz CT molecular complexity index is 453. The summed E-state index contributed by atoms with van der Waals surface area (Å²) < 4.78 is 0. The third-order valence-electron chi connectivity index (χ3n) is 3.61. The Hall–Kier alpha value is -1.26. The normalized spacial score (nSPS) is 27.2. The Morgan fingerprint density at radius 3 is 2.60 bits per heavy atom. The lowest BCUT2D eigenvalue weighted by Gasteiger charge is -2.19. The zero-order chi connectivity index (χ0) is 10.4. The molecule has 15 heavy (non-hydrogen) atoms. The van der Waals surface area contributed by atoms with E-state index in [1.807, 2.05) is 6.07 Å². The minimum atomic E-state index is 0.504. The summed E-state index contributed by atoms with van der Waals surface area (Å²) >= 11 is 0. The van der Waals surface area contributed by atoms with Crippen LogP contribution in [0.3, 0.4) is 0 Å². The second kappa shape index (κ2) is 3.12. The molecule has 1 fully saturated rings. The summed E-state index contributed by atoms with van der Waals surface area (Å²) in [6, 6.07) is 4.03. The van der Waals surface area contributed by atoms with E-state index < -0.39 is 0 Å². The van der Waals surface area contributed by atoms with Gasteiger partial charge in [-0.3, -0.25) is 0 Å². The molecule has 1 N–H and O–H groups in total. The summed E-state index contributed by atoms with van der Waals surface area (Å²) in [5, 5.41) is 3.44. The predicted molar refractivity (Wildman–Crippen MR) is 59.7 cm³/mol. The van der Waals surface area contributed by atoms with Crippen molar-refractivity contribution in [1.82, 2.24) is 5.32 Å². The lowest BCUT2D eigenvalue weighted by Crippen LogP contribution is -2.28. The maximum Gasteiger partial charge on any atom is 0.0313 e. The van der Waals surface area contributed by atoms with Crippen LogP contribution in [0, 0.1) is 19.3 Å². The Balaban J connectivity index is 2.18. The third-order valence-corrected chi connectivity index (χ3v) is 3.61. The first kappa shape index (κ1) is 9.00. The highest BCUT2D eigenvalue weighted by Crippen LogP contribution is 2.44. The van der Waals surface area contributed by atoms with Crippen LogP contribution in [0.4, 0.5) is 0 Å². The Morgan fingerprint density at radius 1 is 1.27 bits per heavy atom. The van der Waals surface area contributed by atoms with E-state index in [9.17, 15) is 0 Å². The molecule has 2 bridgehead atoms. The first-order valence-electron chi connectivity index (χ1n) is 5.36. The molecular weight excluding hydrogens is 182 g/mol. The minimum absolute atomic E-state index is 0.504. The zero-order valence-electron chi connectivity index (χ0n) is 8.51. The van der Waals surface area contributed by atoms with Crippen molar-refractivity contribution in [2.24, 2.45) is 0 Å². The van der Waals surface area contributed by atoms with Gasteiger partial charge in [0.25, 0.3) is 0 Å². The molecule has 1 nitrogen and oxygen atoms in total. The molecule has 1 aliphatic heterocycles. The van der Waals surface area contributed by atoms with E-state index in [1.54, 1.807) is 0 Å². The predicted octanol–water partition coefficient (Wildman–Crippen LogP) is 1.78. The number of nitrogens with one attached hydrogen (secondary N) is 1. The van der Waals surface area contributed by atoms with Crippen molar-refractivity contribution >= 4 is 0 Å². The monoisotopic (exact) mass is 194 g/mol. The van der Waals surface area contributed by atoms with Gasteiger partial charge in [0.1, 0.15) is 0 Å². The van der Waals surface area contributed by atoms with Gasteiger partial charge in [-0.15, -0.1) is 6.42 Å². The lowest BCUT2D eigenvalue weighted by atomic mass is 9.96. The van der Waals surface area contributed by atoms with Gasteiger partial charge in [0.2, 0.25) is 0 Å². The summed E-state index contributed by atoms with van der Waals surface area (Å²) in [6.45, 7) is 9.94. The zero-order valence-corrected chi connectivity index (χ0v) is 8.51. The Morgan fingerprint density at radius 2 is 1.93 bits per heavy atom. The summed E-state index contributed by atoms with van der Waals surface area (Å²) in [5.41, 5.74) is 3.98. The van der Waals surface area contributed by atoms with Crippen LogP contribution in [0.1, 0.15) is 40.5 Å². The third kappa shape index (κ3) is 1.22. The molecule has 1 heteroatoms. The van der Waals surface area contributed by atoms with E-state index in [-0.39, 0.29) is 0 Å². The molecule has 3 radical (unpaired) electrons. The molecule has 2 unspecified atom stereocenters. The van der Waals surface area contributed by atoms with Crippen LogP contribution in [-0.4, -0.2) is 13.1 Å². The van der Waals surface area contributed by atoms with E-state index in [4.69, 9.17) is 13.3 Å². The molecule has 1 aromatic carbocycles. The van der Waals surface area contributed by atoms with Crippen LogP contribution in [0.25, 0.3) is 0 Å². The molecule has 0 amide bonds. The van der Waals surface area contributed by atoms with Gasteiger partial charge >= 0.3 is 0 Å². The summed E-state index contributed by atoms with van der Waals surface area (Å²) in [7, 11) is 0. The van der Waals surface area contributed by atoms with Gasteiger partial charge in [-0.25, -0.2) is 0 Å². The van der Waals surface area contributed by atoms with Gasteiger partial charge < -0.3 is 5.32 Å². The number of piperidine rings is 1. The first-order chi connectivity index (χ1) is 7.29.